The third-order valence-corrected chi connectivity index (χ3v) is 3.39. The predicted octanol–water partition coefficient (Wildman–Crippen LogP) is 2.23. The van der Waals surface area contributed by atoms with Crippen molar-refractivity contribution < 1.29 is 9.53 Å². The summed E-state index contributed by atoms with van der Waals surface area (Å²) < 4.78 is 5.25. The number of nitrogens with two attached hydrogens (primary N) is 1. The molecule has 1 aromatic rings. The minimum Gasteiger partial charge on any atom is -0.449 e. The Morgan fingerprint density at radius 1 is 1.39 bits per heavy atom. The molecule has 98 valence electrons. The van der Waals surface area contributed by atoms with Crippen LogP contribution in [0.3, 0.4) is 0 Å². The van der Waals surface area contributed by atoms with Crippen molar-refractivity contribution in [3.8, 4) is 0 Å². The van der Waals surface area contributed by atoms with Gasteiger partial charge in [0.15, 0.2) is 0 Å². The molecule has 1 fully saturated rings. The van der Waals surface area contributed by atoms with Crippen LogP contribution >= 0.6 is 0 Å². The third kappa shape index (κ3) is 2.48. The molecule has 0 spiro atoms. The van der Waals surface area contributed by atoms with Gasteiger partial charge in [0.1, 0.15) is 0 Å². The Morgan fingerprint density at radius 2 is 2.06 bits per heavy atom. The fourth-order valence-electron chi connectivity index (χ4n) is 2.48. The zero-order chi connectivity index (χ0) is 13.1. The first-order valence-corrected chi connectivity index (χ1v) is 6.34. The van der Waals surface area contributed by atoms with Crippen LogP contribution < -0.4 is 10.6 Å². The molecule has 1 amide bonds. The van der Waals surface area contributed by atoms with Gasteiger partial charge in [-0.25, -0.2) is 4.79 Å². The molecule has 0 saturated carbocycles. The van der Waals surface area contributed by atoms with Gasteiger partial charge in [0.25, 0.3) is 0 Å². The number of anilines is 1. The van der Waals surface area contributed by atoms with Gasteiger partial charge in [-0.05, 0) is 37.9 Å². The van der Waals surface area contributed by atoms with E-state index in [1.54, 1.807) is 4.90 Å². The maximum Gasteiger partial charge on any atom is 0.414 e. The molecule has 0 aromatic heterocycles. The number of aryl methyl sites for hydroxylation is 2. The lowest BCUT2D eigenvalue weighted by Gasteiger charge is -2.33. The largest absolute Gasteiger partial charge is 0.449 e. The number of hydrogen-bond acceptors (Lipinski definition) is 3. The normalized spacial score (nSPS) is 19.8. The molecule has 18 heavy (non-hydrogen) atoms. The Kier molecular flexibility index (Phi) is 3.87. The second kappa shape index (κ2) is 5.40. The third-order valence-electron chi connectivity index (χ3n) is 3.39. The maximum atomic E-state index is 11.9. The first-order valence-electron chi connectivity index (χ1n) is 6.34. The van der Waals surface area contributed by atoms with Gasteiger partial charge in [-0.15, -0.1) is 0 Å². The van der Waals surface area contributed by atoms with Gasteiger partial charge >= 0.3 is 6.09 Å². The van der Waals surface area contributed by atoms with E-state index in [1.165, 1.54) is 0 Å². The van der Waals surface area contributed by atoms with Crippen molar-refractivity contribution in [2.45, 2.75) is 20.3 Å². The fourth-order valence-corrected chi connectivity index (χ4v) is 2.48. The highest BCUT2D eigenvalue weighted by molar-refractivity contribution is 5.90. The molecule has 1 aliphatic heterocycles. The van der Waals surface area contributed by atoms with Gasteiger partial charge in [0.2, 0.25) is 0 Å². The van der Waals surface area contributed by atoms with Crippen molar-refractivity contribution in [2.75, 3.05) is 24.6 Å². The number of hydrogen-bond donors (Lipinski definition) is 1. The van der Waals surface area contributed by atoms with Gasteiger partial charge in [0, 0.05) is 12.5 Å². The topological polar surface area (TPSA) is 55.6 Å². The SMILES string of the molecule is Cc1cccc(C)c1N1CC(CCN)COC1=O. The average Bonchev–Trinajstić information content (AvgIpc) is 2.33. The molecule has 1 atom stereocenters. The molecule has 2 rings (SSSR count). The van der Waals surface area contributed by atoms with Crippen LogP contribution in [-0.4, -0.2) is 25.8 Å². The second-order valence-electron chi connectivity index (χ2n) is 4.87. The van der Waals surface area contributed by atoms with Crippen molar-refractivity contribution in [2.24, 2.45) is 11.7 Å². The van der Waals surface area contributed by atoms with E-state index in [0.29, 0.717) is 25.6 Å². The number of nitrogens with zero attached hydrogens (tertiary/aromatic N) is 1. The lowest BCUT2D eigenvalue weighted by atomic mass is 10.0. The molecule has 4 nitrogen and oxygen atoms in total. The van der Waals surface area contributed by atoms with Crippen LogP contribution in [0.5, 0.6) is 0 Å². The number of ether oxygens (including phenoxy) is 1. The summed E-state index contributed by atoms with van der Waals surface area (Å²) in [6.45, 7) is 5.84. The second-order valence-corrected chi connectivity index (χ2v) is 4.87. The number of benzene rings is 1. The highest BCUT2D eigenvalue weighted by atomic mass is 16.6. The van der Waals surface area contributed by atoms with Gasteiger partial charge in [-0.2, -0.15) is 0 Å². The summed E-state index contributed by atoms with van der Waals surface area (Å²) in [5.74, 6) is 0.326. The van der Waals surface area contributed by atoms with Crippen molar-refractivity contribution in [3.63, 3.8) is 0 Å². The van der Waals surface area contributed by atoms with Crippen LogP contribution in [0.25, 0.3) is 0 Å². The molecule has 1 saturated heterocycles. The van der Waals surface area contributed by atoms with Crippen molar-refractivity contribution in [3.05, 3.63) is 29.3 Å². The minimum atomic E-state index is -0.249. The summed E-state index contributed by atoms with van der Waals surface area (Å²) in [5.41, 5.74) is 8.75. The lowest BCUT2D eigenvalue weighted by molar-refractivity contribution is 0.113. The zero-order valence-corrected chi connectivity index (χ0v) is 11.0. The number of carbonyl (C=O) groups is 1. The first kappa shape index (κ1) is 12.9. The smallest absolute Gasteiger partial charge is 0.414 e. The highest BCUT2D eigenvalue weighted by Gasteiger charge is 2.29. The molecule has 1 aliphatic rings. The van der Waals surface area contributed by atoms with E-state index < -0.39 is 0 Å². The average molecular weight is 248 g/mol. The van der Waals surface area contributed by atoms with Crippen LogP contribution in [0, 0.1) is 19.8 Å². The summed E-state index contributed by atoms with van der Waals surface area (Å²) in [7, 11) is 0. The van der Waals surface area contributed by atoms with E-state index in [1.807, 2.05) is 32.0 Å². The molecular formula is C14H20N2O2. The maximum absolute atomic E-state index is 11.9. The number of amides is 1. The van der Waals surface area contributed by atoms with Crippen LogP contribution in [0.4, 0.5) is 10.5 Å². The number of carbonyl (C=O) groups excluding carboxylic acids is 1. The van der Waals surface area contributed by atoms with Gasteiger partial charge in [0.05, 0.1) is 12.3 Å². The Morgan fingerprint density at radius 3 is 2.67 bits per heavy atom. The summed E-state index contributed by atoms with van der Waals surface area (Å²) >= 11 is 0. The van der Waals surface area contributed by atoms with Gasteiger partial charge < -0.3 is 10.5 Å². The lowest BCUT2D eigenvalue weighted by Crippen LogP contribution is -2.44. The molecule has 1 heterocycles. The number of cyclic esters (lactones) is 1. The Labute approximate surface area is 108 Å². The molecule has 1 unspecified atom stereocenters. The summed E-state index contributed by atoms with van der Waals surface area (Å²) in [5, 5.41) is 0. The van der Waals surface area contributed by atoms with Crippen molar-refractivity contribution in [1.29, 1.82) is 0 Å². The van der Waals surface area contributed by atoms with Crippen LogP contribution in [0.2, 0.25) is 0 Å². The molecule has 0 bridgehead atoms. The molecular weight excluding hydrogens is 228 g/mol. The summed E-state index contributed by atoms with van der Waals surface area (Å²) in [4.78, 5) is 13.7. The Balaban J connectivity index is 2.27. The standard InChI is InChI=1S/C14H20N2O2/c1-10-4-3-5-11(2)13(10)16-8-12(6-7-15)9-18-14(16)17/h3-5,12H,6-9,15H2,1-2H3. The van der Waals surface area contributed by atoms with E-state index in [-0.39, 0.29) is 6.09 Å². The van der Waals surface area contributed by atoms with E-state index in [4.69, 9.17) is 10.5 Å². The quantitative estimate of drug-likeness (QED) is 0.892. The first-order chi connectivity index (χ1) is 8.63. The van der Waals surface area contributed by atoms with Crippen molar-refractivity contribution >= 4 is 11.8 Å². The number of para-hydroxylation sites is 1. The van der Waals surface area contributed by atoms with Crippen molar-refractivity contribution in [1.82, 2.24) is 0 Å². The number of rotatable bonds is 3. The molecule has 2 N–H and O–H groups in total. The van der Waals surface area contributed by atoms with E-state index in [0.717, 1.165) is 23.2 Å². The van der Waals surface area contributed by atoms with Crippen LogP contribution in [0.15, 0.2) is 18.2 Å². The van der Waals surface area contributed by atoms with E-state index in [2.05, 4.69) is 0 Å². The Bertz CT molecular complexity index is 425. The van der Waals surface area contributed by atoms with E-state index in [9.17, 15) is 4.79 Å². The fraction of sp³-hybridized carbons (Fsp3) is 0.500. The molecule has 1 aromatic carbocycles. The predicted molar refractivity (Wildman–Crippen MR) is 71.8 cm³/mol. The minimum absolute atomic E-state index is 0.249. The summed E-state index contributed by atoms with van der Waals surface area (Å²) in [6.07, 6.45) is 0.634. The molecule has 4 heteroatoms. The van der Waals surface area contributed by atoms with Crippen LogP contribution in [-0.2, 0) is 4.74 Å². The summed E-state index contributed by atoms with van der Waals surface area (Å²) in [6, 6.07) is 6.03. The van der Waals surface area contributed by atoms with Crippen LogP contribution in [0.1, 0.15) is 17.5 Å². The highest BCUT2D eigenvalue weighted by Crippen LogP contribution is 2.28. The Hall–Kier alpha value is -1.55. The van der Waals surface area contributed by atoms with Gasteiger partial charge in [-0.1, -0.05) is 18.2 Å². The van der Waals surface area contributed by atoms with Gasteiger partial charge in [-0.3, -0.25) is 4.90 Å². The molecule has 0 radical (unpaired) electrons. The zero-order valence-electron chi connectivity index (χ0n) is 11.0. The molecule has 0 aliphatic carbocycles. The van der Waals surface area contributed by atoms with E-state index >= 15 is 0 Å². The monoisotopic (exact) mass is 248 g/mol.